The maximum absolute atomic E-state index is 9.78. The van der Waals surface area contributed by atoms with Crippen LogP contribution in [0.25, 0.3) is 0 Å². The maximum atomic E-state index is 9.78. The summed E-state index contributed by atoms with van der Waals surface area (Å²) in [4.78, 5) is 0. The largest absolute Gasteiger partial charge is 0.393 e. The van der Waals surface area contributed by atoms with E-state index < -0.39 is 0 Å². The van der Waals surface area contributed by atoms with Gasteiger partial charge in [0.05, 0.1) is 6.10 Å². The van der Waals surface area contributed by atoms with E-state index in [2.05, 4.69) is 27.7 Å². The standard InChI is InChI=1S/C12H24O/c1-8(2)5-11-7-12(13)10(4)6-9(11)3/h8-13H,5-7H2,1-4H3. The summed E-state index contributed by atoms with van der Waals surface area (Å²) in [5, 5.41) is 9.78. The Morgan fingerprint density at radius 3 is 2.31 bits per heavy atom. The van der Waals surface area contributed by atoms with Gasteiger partial charge in [0.1, 0.15) is 0 Å². The lowest BCUT2D eigenvalue weighted by Gasteiger charge is -2.37. The van der Waals surface area contributed by atoms with Crippen LogP contribution in [0.1, 0.15) is 47.0 Å². The number of hydrogen-bond acceptors (Lipinski definition) is 1. The molecular formula is C12H24O. The van der Waals surface area contributed by atoms with Gasteiger partial charge in [-0.2, -0.15) is 0 Å². The molecule has 1 aliphatic rings. The third kappa shape index (κ3) is 2.98. The third-order valence-corrected chi connectivity index (χ3v) is 3.52. The smallest absolute Gasteiger partial charge is 0.0568 e. The highest BCUT2D eigenvalue weighted by molar-refractivity contribution is 4.82. The molecular weight excluding hydrogens is 160 g/mol. The van der Waals surface area contributed by atoms with E-state index in [-0.39, 0.29) is 6.10 Å². The van der Waals surface area contributed by atoms with Gasteiger partial charge in [0, 0.05) is 0 Å². The minimum Gasteiger partial charge on any atom is -0.393 e. The fraction of sp³-hybridized carbons (Fsp3) is 1.00. The first-order valence-electron chi connectivity index (χ1n) is 5.68. The molecule has 1 aliphatic carbocycles. The van der Waals surface area contributed by atoms with Crippen molar-refractivity contribution in [2.24, 2.45) is 23.7 Å². The van der Waals surface area contributed by atoms with Crippen molar-refractivity contribution in [3.63, 3.8) is 0 Å². The second kappa shape index (κ2) is 4.45. The Balaban J connectivity index is 2.46. The van der Waals surface area contributed by atoms with Gasteiger partial charge in [-0.15, -0.1) is 0 Å². The van der Waals surface area contributed by atoms with E-state index in [1.807, 2.05) is 0 Å². The van der Waals surface area contributed by atoms with Crippen molar-refractivity contribution in [3.8, 4) is 0 Å². The van der Waals surface area contributed by atoms with Gasteiger partial charge in [-0.25, -0.2) is 0 Å². The molecule has 0 aromatic rings. The molecule has 4 atom stereocenters. The van der Waals surface area contributed by atoms with Crippen LogP contribution in [0.5, 0.6) is 0 Å². The molecule has 0 aliphatic heterocycles. The lowest BCUT2D eigenvalue weighted by atomic mass is 9.71. The van der Waals surface area contributed by atoms with Crippen LogP contribution in [0, 0.1) is 23.7 Å². The maximum Gasteiger partial charge on any atom is 0.0568 e. The van der Waals surface area contributed by atoms with Gasteiger partial charge in [0.15, 0.2) is 0 Å². The Morgan fingerprint density at radius 1 is 1.15 bits per heavy atom. The van der Waals surface area contributed by atoms with Gasteiger partial charge in [-0.05, 0) is 42.9 Å². The van der Waals surface area contributed by atoms with Gasteiger partial charge in [0.25, 0.3) is 0 Å². The van der Waals surface area contributed by atoms with E-state index in [1.165, 1.54) is 12.8 Å². The second-order valence-electron chi connectivity index (χ2n) is 5.38. The summed E-state index contributed by atoms with van der Waals surface area (Å²) in [6.07, 6.45) is 3.48. The van der Waals surface area contributed by atoms with E-state index >= 15 is 0 Å². The molecule has 13 heavy (non-hydrogen) atoms. The molecule has 1 heteroatoms. The van der Waals surface area contributed by atoms with E-state index in [4.69, 9.17) is 0 Å². The third-order valence-electron chi connectivity index (χ3n) is 3.52. The predicted octanol–water partition coefficient (Wildman–Crippen LogP) is 3.08. The zero-order valence-electron chi connectivity index (χ0n) is 9.46. The Morgan fingerprint density at radius 2 is 1.77 bits per heavy atom. The van der Waals surface area contributed by atoms with Crippen LogP contribution in [0.4, 0.5) is 0 Å². The van der Waals surface area contributed by atoms with Gasteiger partial charge in [-0.1, -0.05) is 27.7 Å². The van der Waals surface area contributed by atoms with Crippen LogP contribution < -0.4 is 0 Å². The second-order valence-corrected chi connectivity index (χ2v) is 5.38. The molecule has 0 bridgehead atoms. The predicted molar refractivity (Wildman–Crippen MR) is 56.5 cm³/mol. The summed E-state index contributed by atoms with van der Waals surface area (Å²) < 4.78 is 0. The average molecular weight is 184 g/mol. The summed E-state index contributed by atoms with van der Waals surface area (Å²) >= 11 is 0. The summed E-state index contributed by atoms with van der Waals surface area (Å²) in [5.74, 6) is 2.85. The highest BCUT2D eigenvalue weighted by atomic mass is 16.3. The van der Waals surface area contributed by atoms with Gasteiger partial charge in [0.2, 0.25) is 0 Å². The first kappa shape index (κ1) is 11.0. The van der Waals surface area contributed by atoms with Crippen molar-refractivity contribution in [2.75, 3.05) is 0 Å². The minimum absolute atomic E-state index is 0.0417. The van der Waals surface area contributed by atoms with Crippen molar-refractivity contribution in [1.82, 2.24) is 0 Å². The summed E-state index contributed by atoms with van der Waals surface area (Å²) in [5.41, 5.74) is 0. The molecule has 1 nitrogen and oxygen atoms in total. The molecule has 0 aromatic heterocycles. The van der Waals surface area contributed by atoms with Crippen LogP contribution in [-0.2, 0) is 0 Å². The zero-order valence-corrected chi connectivity index (χ0v) is 9.46. The van der Waals surface area contributed by atoms with E-state index in [1.54, 1.807) is 0 Å². The summed E-state index contributed by atoms with van der Waals surface area (Å²) in [6.45, 7) is 9.07. The molecule has 0 spiro atoms. The zero-order chi connectivity index (χ0) is 10.0. The topological polar surface area (TPSA) is 20.2 Å². The number of aliphatic hydroxyl groups is 1. The fourth-order valence-electron chi connectivity index (χ4n) is 2.64. The number of rotatable bonds is 2. The molecule has 0 heterocycles. The van der Waals surface area contributed by atoms with Crippen LogP contribution in [0.2, 0.25) is 0 Å². The summed E-state index contributed by atoms with van der Waals surface area (Å²) in [6, 6.07) is 0. The highest BCUT2D eigenvalue weighted by Crippen LogP contribution is 2.36. The van der Waals surface area contributed by atoms with Crippen LogP contribution in [-0.4, -0.2) is 11.2 Å². The summed E-state index contributed by atoms with van der Waals surface area (Å²) in [7, 11) is 0. The highest BCUT2D eigenvalue weighted by Gasteiger charge is 2.31. The fourth-order valence-corrected chi connectivity index (χ4v) is 2.64. The SMILES string of the molecule is CC(C)CC1CC(O)C(C)CC1C. The molecule has 4 unspecified atom stereocenters. The molecule has 0 saturated heterocycles. The van der Waals surface area contributed by atoms with E-state index in [0.29, 0.717) is 5.92 Å². The Hall–Kier alpha value is -0.0400. The molecule has 1 saturated carbocycles. The van der Waals surface area contributed by atoms with Crippen LogP contribution in [0.15, 0.2) is 0 Å². The normalized spacial score (nSPS) is 41.1. The number of aliphatic hydroxyl groups excluding tert-OH is 1. The minimum atomic E-state index is -0.0417. The lowest BCUT2D eigenvalue weighted by Crippen LogP contribution is -2.33. The number of hydrogen-bond donors (Lipinski definition) is 1. The Kier molecular flexibility index (Phi) is 3.78. The Labute approximate surface area is 82.5 Å². The van der Waals surface area contributed by atoms with Crippen LogP contribution in [0.3, 0.4) is 0 Å². The van der Waals surface area contributed by atoms with Crippen LogP contribution >= 0.6 is 0 Å². The van der Waals surface area contributed by atoms with Crippen molar-refractivity contribution in [1.29, 1.82) is 0 Å². The van der Waals surface area contributed by atoms with Gasteiger partial charge in [-0.3, -0.25) is 0 Å². The molecule has 0 radical (unpaired) electrons. The molecule has 78 valence electrons. The van der Waals surface area contributed by atoms with Crippen molar-refractivity contribution in [2.45, 2.75) is 53.1 Å². The van der Waals surface area contributed by atoms with E-state index in [0.717, 1.165) is 24.2 Å². The van der Waals surface area contributed by atoms with Crippen molar-refractivity contribution in [3.05, 3.63) is 0 Å². The molecule has 1 fully saturated rings. The first-order chi connectivity index (χ1) is 6.00. The monoisotopic (exact) mass is 184 g/mol. The van der Waals surface area contributed by atoms with Crippen molar-refractivity contribution < 1.29 is 5.11 Å². The van der Waals surface area contributed by atoms with Gasteiger partial charge >= 0.3 is 0 Å². The lowest BCUT2D eigenvalue weighted by molar-refractivity contribution is 0.0212. The molecule has 1 rings (SSSR count). The molecule has 0 amide bonds. The first-order valence-corrected chi connectivity index (χ1v) is 5.68. The molecule has 1 N–H and O–H groups in total. The Bertz CT molecular complexity index is 153. The van der Waals surface area contributed by atoms with Crippen molar-refractivity contribution >= 4 is 0 Å². The van der Waals surface area contributed by atoms with E-state index in [9.17, 15) is 5.11 Å². The molecule has 0 aromatic carbocycles. The average Bonchev–Trinajstić information content (AvgIpc) is 1.99. The quantitative estimate of drug-likeness (QED) is 0.699. The van der Waals surface area contributed by atoms with Gasteiger partial charge < -0.3 is 5.11 Å².